The van der Waals surface area contributed by atoms with E-state index in [1.165, 1.54) is 6.39 Å². The van der Waals surface area contributed by atoms with Gasteiger partial charge in [0.2, 0.25) is 0 Å². The van der Waals surface area contributed by atoms with Crippen molar-refractivity contribution in [2.75, 3.05) is 5.43 Å². The Morgan fingerprint density at radius 3 is 2.74 bits per heavy atom. The number of rotatable bonds is 5. The Hall–Kier alpha value is -3.12. The largest absolute Gasteiger partial charge is 0.508 e. The lowest BCUT2D eigenvalue weighted by Crippen LogP contribution is -1.98. The van der Waals surface area contributed by atoms with Gasteiger partial charge in [0.15, 0.2) is 12.2 Å². The summed E-state index contributed by atoms with van der Waals surface area (Å²) < 4.78 is 5.24. The Labute approximate surface area is 133 Å². The SMILES string of the molecule is NCc1cc(/C=N/Nc2ccc(-c3cnco3)cc2)ccc1O. The molecule has 6 heteroatoms. The van der Waals surface area contributed by atoms with Crippen LogP contribution < -0.4 is 11.2 Å². The van der Waals surface area contributed by atoms with Crippen LogP contribution in [0.3, 0.4) is 0 Å². The summed E-state index contributed by atoms with van der Waals surface area (Å²) in [4.78, 5) is 3.89. The zero-order valence-electron chi connectivity index (χ0n) is 12.3. The van der Waals surface area contributed by atoms with E-state index in [0.717, 1.165) is 22.6 Å². The van der Waals surface area contributed by atoms with Crippen LogP contribution in [0.4, 0.5) is 5.69 Å². The average molecular weight is 308 g/mol. The second kappa shape index (κ2) is 6.76. The number of aromatic nitrogens is 1. The number of nitrogens with zero attached hydrogens (tertiary/aromatic N) is 2. The number of hydrogen-bond donors (Lipinski definition) is 3. The van der Waals surface area contributed by atoms with E-state index in [9.17, 15) is 5.11 Å². The van der Waals surface area contributed by atoms with Crippen molar-refractivity contribution in [3.63, 3.8) is 0 Å². The molecule has 23 heavy (non-hydrogen) atoms. The molecular weight excluding hydrogens is 292 g/mol. The standard InChI is InChI=1S/C17H16N4O2/c18-8-14-7-12(1-6-16(14)22)9-20-21-15-4-2-13(3-5-15)17-10-19-11-23-17/h1-7,9-11,21-22H,8,18H2/b20-9+. The van der Waals surface area contributed by atoms with Crippen LogP contribution in [-0.2, 0) is 6.54 Å². The Kier molecular flexibility index (Phi) is 4.35. The molecule has 116 valence electrons. The van der Waals surface area contributed by atoms with Crippen molar-refractivity contribution < 1.29 is 9.52 Å². The maximum Gasteiger partial charge on any atom is 0.181 e. The van der Waals surface area contributed by atoms with E-state index in [1.54, 1.807) is 30.6 Å². The lowest BCUT2D eigenvalue weighted by molar-refractivity contribution is 0.468. The lowest BCUT2D eigenvalue weighted by atomic mass is 10.1. The quantitative estimate of drug-likeness (QED) is 0.497. The molecule has 0 spiro atoms. The molecule has 0 aliphatic carbocycles. The molecule has 4 N–H and O–H groups in total. The van der Waals surface area contributed by atoms with Crippen LogP contribution in [0.15, 0.2) is 64.6 Å². The predicted octanol–water partition coefficient (Wildman–Crippen LogP) is 2.95. The van der Waals surface area contributed by atoms with E-state index in [1.807, 2.05) is 24.3 Å². The number of aromatic hydroxyl groups is 1. The topological polar surface area (TPSA) is 96.7 Å². The molecule has 0 bridgehead atoms. The van der Waals surface area contributed by atoms with Gasteiger partial charge < -0.3 is 15.3 Å². The molecule has 6 nitrogen and oxygen atoms in total. The lowest BCUT2D eigenvalue weighted by Gasteiger charge is -2.03. The second-order valence-corrected chi connectivity index (χ2v) is 4.91. The molecule has 3 rings (SSSR count). The van der Waals surface area contributed by atoms with Crippen molar-refractivity contribution in [1.82, 2.24) is 4.98 Å². The van der Waals surface area contributed by atoms with Crippen molar-refractivity contribution in [3.8, 4) is 17.1 Å². The van der Waals surface area contributed by atoms with Gasteiger partial charge in [0.05, 0.1) is 18.1 Å². The average Bonchev–Trinajstić information content (AvgIpc) is 3.11. The number of benzene rings is 2. The van der Waals surface area contributed by atoms with E-state index in [0.29, 0.717) is 5.56 Å². The van der Waals surface area contributed by atoms with Gasteiger partial charge in [-0.1, -0.05) is 0 Å². The molecule has 0 fully saturated rings. The molecule has 0 saturated heterocycles. The molecule has 0 saturated carbocycles. The van der Waals surface area contributed by atoms with Gasteiger partial charge in [0.1, 0.15) is 5.75 Å². The van der Waals surface area contributed by atoms with Crippen molar-refractivity contribution in [1.29, 1.82) is 0 Å². The number of nitrogens with two attached hydrogens (primary N) is 1. The first-order valence-electron chi connectivity index (χ1n) is 7.06. The molecule has 0 aliphatic rings. The highest BCUT2D eigenvalue weighted by Crippen LogP contribution is 2.21. The fraction of sp³-hybridized carbons (Fsp3) is 0.0588. The molecule has 0 aliphatic heterocycles. The molecule has 0 atom stereocenters. The Balaban J connectivity index is 1.66. The van der Waals surface area contributed by atoms with Gasteiger partial charge >= 0.3 is 0 Å². The van der Waals surface area contributed by atoms with Gasteiger partial charge in [-0.05, 0) is 48.0 Å². The minimum absolute atomic E-state index is 0.195. The normalized spacial score (nSPS) is 11.0. The van der Waals surface area contributed by atoms with Crippen LogP contribution in [0.25, 0.3) is 11.3 Å². The summed E-state index contributed by atoms with van der Waals surface area (Å²) in [7, 11) is 0. The molecule has 0 radical (unpaired) electrons. The molecule has 1 aromatic heterocycles. The minimum Gasteiger partial charge on any atom is -0.508 e. The number of oxazole rings is 1. The Morgan fingerprint density at radius 2 is 2.04 bits per heavy atom. The highest BCUT2D eigenvalue weighted by atomic mass is 16.3. The van der Waals surface area contributed by atoms with Gasteiger partial charge in [0, 0.05) is 17.7 Å². The number of phenolic OH excluding ortho intramolecular Hbond substituents is 1. The van der Waals surface area contributed by atoms with Crippen LogP contribution in [0.2, 0.25) is 0 Å². The fourth-order valence-corrected chi connectivity index (χ4v) is 2.10. The predicted molar refractivity (Wildman–Crippen MR) is 89.2 cm³/mol. The maximum atomic E-state index is 9.59. The van der Waals surface area contributed by atoms with Gasteiger partial charge in [-0.2, -0.15) is 5.10 Å². The summed E-state index contributed by atoms with van der Waals surface area (Å²) in [6, 6.07) is 12.8. The van der Waals surface area contributed by atoms with E-state index >= 15 is 0 Å². The van der Waals surface area contributed by atoms with Crippen LogP contribution in [0.5, 0.6) is 5.75 Å². The van der Waals surface area contributed by atoms with Crippen molar-refractivity contribution >= 4 is 11.9 Å². The zero-order valence-corrected chi connectivity index (χ0v) is 12.3. The molecule has 2 aromatic carbocycles. The van der Waals surface area contributed by atoms with Gasteiger partial charge in [-0.25, -0.2) is 4.98 Å². The fourth-order valence-electron chi connectivity index (χ4n) is 2.10. The van der Waals surface area contributed by atoms with Crippen molar-refractivity contribution in [3.05, 3.63) is 66.2 Å². The van der Waals surface area contributed by atoms with Gasteiger partial charge in [0.25, 0.3) is 0 Å². The van der Waals surface area contributed by atoms with E-state index in [-0.39, 0.29) is 12.3 Å². The van der Waals surface area contributed by atoms with E-state index in [2.05, 4.69) is 15.5 Å². The van der Waals surface area contributed by atoms with Gasteiger partial charge in [-0.15, -0.1) is 0 Å². The third kappa shape index (κ3) is 3.56. The molecule has 1 heterocycles. The molecule has 0 unspecified atom stereocenters. The summed E-state index contributed by atoms with van der Waals surface area (Å²) in [6.45, 7) is 0.282. The van der Waals surface area contributed by atoms with Gasteiger partial charge in [-0.3, -0.25) is 5.43 Å². The van der Waals surface area contributed by atoms with Crippen LogP contribution in [0.1, 0.15) is 11.1 Å². The summed E-state index contributed by atoms with van der Waals surface area (Å²) in [5.74, 6) is 0.916. The van der Waals surface area contributed by atoms with Crippen molar-refractivity contribution in [2.24, 2.45) is 10.8 Å². The Morgan fingerprint density at radius 1 is 1.22 bits per heavy atom. The first kappa shape index (κ1) is 14.8. The number of nitrogens with one attached hydrogen (secondary N) is 1. The maximum absolute atomic E-state index is 9.59. The molecule has 3 aromatic rings. The molecular formula is C17H16N4O2. The smallest absolute Gasteiger partial charge is 0.181 e. The highest BCUT2D eigenvalue weighted by molar-refractivity contribution is 5.81. The minimum atomic E-state index is 0.195. The summed E-state index contributed by atoms with van der Waals surface area (Å²) >= 11 is 0. The van der Waals surface area contributed by atoms with Crippen molar-refractivity contribution in [2.45, 2.75) is 6.54 Å². The summed E-state index contributed by atoms with van der Waals surface area (Å²) in [5.41, 5.74) is 11.8. The zero-order chi connectivity index (χ0) is 16.1. The van der Waals surface area contributed by atoms with E-state index < -0.39 is 0 Å². The van der Waals surface area contributed by atoms with Crippen LogP contribution in [0, 0.1) is 0 Å². The number of anilines is 1. The number of hydrazone groups is 1. The second-order valence-electron chi connectivity index (χ2n) is 4.91. The highest BCUT2D eigenvalue weighted by Gasteiger charge is 2.01. The number of hydrogen-bond acceptors (Lipinski definition) is 6. The van der Waals surface area contributed by atoms with Crippen LogP contribution >= 0.6 is 0 Å². The third-order valence-corrected chi connectivity index (χ3v) is 3.33. The summed E-state index contributed by atoms with van der Waals surface area (Å²) in [5, 5.41) is 13.8. The Bertz CT molecular complexity index is 796. The third-order valence-electron chi connectivity index (χ3n) is 3.33. The first-order valence-corrected chi connectivity index (χ1v) is 7.06. The summed E-state index contributed by atoms with van der Waals surface area (Å²) in [6.07, 6.45) is 4.74. The molecule has 0 amide bonds. The monoisotopic (exact) mass is 308 g/mol. The van der Waals surface area contributed by atoms with E-state index in [4.69, 9.17) is 10.2 Å². The number of phenols is 1. The van der Waals surface area contributed by atoms with Crippen LogP contribution in [-0.4, -0.2) is 16.3 Å². The first-order chi connectivity index (χ1) is 11.3.